The molecule has 0 aliphatic heterocycles. The Morgan fingerprint density at radius 3 is 2.77 bits per heavy atom. The summed E-state index contributed by atoms with van der Waals surface area (Å²) in [6.07, 6.45) is 0.496. The lowest BCUT2D eigenvalue weighted by molar-refractivity contribution is 0.236. The number of halogens is 2. The van der Waals surface area contributed by atoms with Crippen LogP contribution in [-0.4, -0.2) is 11.0 Å². The lowest BCUT2D eigenvalue weighted by atomic mass is 10.0. The zero-order valence-electron chi connectivity index (χ0n) is 12.3. The maximum absolute atomic E-state index is 13.8. The first-order valence-electron chi connectivity index (χ1n) is 6.89. The fourth-order valence-corrected chi connectivity index (χ4v) is 2.77. The Kier molecular flexibility index (Phi) is 5.43. The summed E-state index contributed by atoms with van der Waals surface area (Å²) in [5.41, 5.74) is 2.86. The van der Waals surface area contributed by atoms with Crippen LogP contribution in [0.5, 0.6) is 0 Å². The van der Waals surface area contributed by atoms with E-state index in [1.54, 1.807) is 5.51 Å². The van der Waals surface area contributed by atoms with Crippen LogP contribution in [0.2, 0.25) is 0 Å². The van der Waals surface area contributed by atoms with Gasteiger partial charge in [0.15, 0.2) is 0 Å². The highest BCUT2D eigenvalue weighted by molar-refractivity contribution is 7.09. The summed E-state index contributed by atoms with van der Waals surface area (Å²) in [7, 11) is 0. The van der Waals surface area contributed by atoms with Crippen molar-refractivity contribution in [2.24, 2.45) is 0 Å². The van der Waals surface area contributed by atoms with Crippen molar-refractivity contribution in [2.75, 3.05) is 0 Å². The van der Waals surface area contributed by atoms with Crippen LogP contribution in [0.3, 0.4) is 0 Å². The summed E-state index contributed by atoms with van der Waals surface area (Å²) in [6, 6.07) is 2.44. The minimum atomic E-state index is -0.662. The van der Waals surface area contributed by atoms with E-state index in [4.69, 9.17) is 0 Å². The molecule has 0 aliphatic carbocycles. The number of nitrogens with one attached hydrogen (secondary N) is 2. The second-order valence-corrected chi connectivity index (χ2v) is 5.75. The van der Waals surface area contributed by atoms with Gasteiger partial charge in [0.2, 0.25) is 0 Å². The molecule has 2 aromatic rings. The second kappa shape index (κ2) is 7.31. The van der Waals surface area contributed by atoms with Gasteiger partial charge >= 0.3 is 6.03 Å². The van der Waals surface area contributed by atoms with Gasteiger partial charge in [0.1, 0.15) is 11.6 Å². The van der Waals surface area contributed by atoms with Crippen molar-refractivity contribution in [1.29, 1.82) is 0 Å². The van der Waals surface area contributed by atoms with Crippen molar-refractivity contribution in [2.45, 2.75) is 32.9 Å². The molecule has 0 spiro atoms. The van der Waals surface area contributed by atoms with Gasteiger partial charge in [0.25, 0.3) is 0 Å². The minimum absolute atomic E-state index is 0.271. The number of carbonyl (C=O) groups excluding carboxylic acids is 1. The summed E-state index contributed by atoms with van der Waals surface area (Å²) in [5.74, 6) is -1.30. The van der Waals surface area contributed by atoms with E-state index in [1.807, 2.05) is 13.8 Å². The molecule has 0 aliphatic rings. The number of carbonyl (C=O) groups is 1. The monoisotopic (exact) mass is 325 g/mol. The third-order valence-electron chi connectivity index (χ3n) is 3.31. The summed E-state index contributed by atoms with van der Waals surface area (Å²) < 4.78 is 26.7. The molecule has 2 rings (SSSR count). The Labute approximate surface area is 131 Å². The number of benzene rings is 1. The highest BCUT2D eigenvalue weighted by atomic mass is 32.1. The van der Waals surface area contributed by atoms with Crippen LogP contribution < -0.4 is 10.6 Å². The molecule has 0 fully saturated rings. The summed E-state index contributed by atoms with van der Waals surface area (Å²) in [6.45, 7) is 4.06. The molecule has 4 nitrogen and oxygen atoms in total. The van der Waals surface area contributed by atoms with E-state index in [9.17, 15) is 13.6 Å². The highest BCUT2D eigenvalue weighted by Gasteiger charge is 2.17. The van der Waals surface area contributed by atoms with Crippen molar-refractivity contribution in [1.82, 2.24) is 15.6 Å². The van der Waals surface area contributed by atoms with Gasteiger partial charge in [-0.1, -0.05) is 13.0 Å². The van der Waals surface area contributed by atoms with E-state index >= 15 is 0 Å². The maximum atomic E-state index is 13.8. The molecule has 0 bridgehead atoms. The molecule has 7 heteroatoms. The molecule has 1 heterocycles. The fourth-order valence-electron chi connectivity index (χ4n) is 2.05. The molecule has 0 saturated heterocycles. The molecule has 0 saturated carbocycles. The van der Waals surface area contributed by atoms with Crippen LogP contribution in [0.1, 0.15) is 35.5 Å². The fraction of sp³-hybridized carbons (Fsp3) is 0.333. The van der Waals surface area contributed by atoms with Crippen LogP contribution in [0.4, 0.5) is 13.6 Å². The standard InChI is InChI=1S/C15H17F2N3OS/c1-3-13(11-5-4-10(16)6-12(11)17)20-15(21)18-7-14-9(2)19-8-22-14/h4-6,8,13H,3,7H2,1-2H3,(H2,18,20,21)/t13-/m0/s1. The average Bonchev–Trinajstić information content (AvgIpc) is 2.88. The van der Waals surface area contributed by atoms with Gasteiger partial charge in [-0.15, -0.1) is 11.3 Å². The molecule has 1 atom stereocenters. The third kappa shape index (κ3) is 4.00. The number of rotatable bonds is 5. The van der Waals surface area contributed by atoms with Crippen molar-refractivity contribution >= 4 is 17.4 Å². The number of hydrogen-bond donors (Lipinski definition) is 2. The highest BCUT2D eigenvalue weighted by Crippen LogP contribution is 2.20. The normalized spacial score (nSPS) is 12.0. The Morgan fingerprint density at radius 1 is 1.41 bits per heavy atom. The van der Waals surface area contributed by atoms with Gasteiger partial charge in [-0.3, -0.25) is 0 Å². The van der Waals surface area contributed by atoms with Gasteiger partial charge in [0.05, 0.1) is 23.8 Å². The molecule has 22 heavy (non-hydrogen) atoms. The van der Waals surface area contributed by atoms with E-state index in [0.29, 0.717) is 13.0 Å². The molecule has 1 aromatic carbocycles. The summed E-state index contributed by atoms with van der Waals surface area (Å²) in [5, 5.41) is 5.41. The predicted octanol–water partition coefficient (Wildman–Crippen LogP) is 3.68. The van der Waals surface area contributed by atoms with Gasteiger partial charge in [0, 0.05) is 16.5 Å². The van der Waals surface area contributed by atoms with E-state index in [0.717, 1.165) is 16.6 Å². The van der Waals surface area contributed by atoms with E-state index < -0.39 is 23.7 Å². The topological polar surface area (TPSA) is 54.0 Å². The molecular weight excluding hydrogens is 308 g/mol. The lowest BCUT2D eigenvalue weighted by Crippen LogP contribution is -2.37. The molecule has 2 N–H and O–H groups in total. The Hall–Kier alpha value is -2.02. The van der Waals surface area contributed by atoms with Gasteiger partial charge < -0.3 is 10.6 Å². The Morgan fingerprint density at radius 2 is 2.18 bits per heavy atom. The molecule has 0 unspecified atom stereocenters. The number of aryl methyl sites for hydroxylation is 1. The number of thiazole rings is 1. The molecule has 0 radical (unpaired) electrons. The van der Waals surface area contributed by atoms with Gasteiger partial charge in [-0.2, -0.15) is 0 Å². The first-order valence-corrected chi connectivity index (χ1v) is 7.77. The number of nitrogens with zero attached hydrogens (tertiary/aromatic N) is 1. The average molecular weight is 325 g/mol. The molecule has 2 amide bonds. The van der Waals surface area contributed by atoms with Crippen LogP contribution in [0.25, 0.3) is 0 Å². The number of amides is 2. The SMILES string of the molecule is CC[C@H](NC(=O)NCc1scnc1C)c1ccc(F)cc1F. The molecular formula is C15H17F2N3OS. The van der Waals surface area contributed by atoms with E-state index in [-0.39, 0.29) is 5.56 Å². The Balaban J connectivity index is 1.97. The van der Waals surface area contributed by atoms with Crippen molar-refractivity contribution in [3.8, 4) is 0 Å². The first-order chi connectivity index (χ1) is 10.5. The lowest BCUT2D eigenvalue weighted by Gasteiger charge is -2.18. The third-order valence-corrected chi connectivity index (χ3v) is 4.24. The Bertz CT molecular complexity index is 660. The van der Waals surface area contributed by atoms with Crippen LogP contribution in [0.15, 0.2) is 23.7 Å². The van der Waals surface area contributed by atoms with Crippen LogP contribution in [-0.2, 0) is 6.54 Å². The van der Waals surface area contributed by atoms with Crippen molar-refractivity contribution in [3.05, 3.63) is 51.5 Å². The summed E-state index contributed by atoms with van der Waals surface area (Å²) >= 11 is 1.46. The maximum Gasteiger partial charge on any atom is 0.315 e. The van der Waals surface area contributed by atoms with Crippen molar-refractivity contribution < 1.29 is 13.6 Å². The van der Waals surface area contributed by atoms with E-state index in [1.165, 1.54) is 23.5 Å². The van der Waals surface area contributed by atoms with Gasteiger partial charge in [-0.05, 0) is 19.4 Å². The largest absolute Gasteiger partial charge is 0.333 e. The van der Waals surface area contributed by atoms with Crippen LogP contribution in [0, 0.1) is 18.6 Å². The number of aromatic nitrogens is 1. The minimum Gasteiger partial charge on any atom is -0.333 e. The van der Waals surface area contributed by atoms with Crippen molar-refractivity contribution in [3.63, 3.8) is 0 Å². The number of hydrogen-bond acceptors (Lipinski definition) is 3. The molecule has 118 valence electrons. The predicted molar refractivity (Wildman–Crippen MR) is 81.6 cm³/mol. The van der Waals surface area contributed by atoms with E-state index in [2.05, 4.69) is 15.6 Å². The van der Waals surface area contributed by atoms with Crippen LogP contribution >= 0.6 is 11.3 Å². The second-order valence-electron chi connectivity index (χ2n) is 4.81. The summed E-state index contributed by atoms with van der Waals surface area (Å²) in [4.78, 5) is 17.0. The van der Waals surface area contributed by atoms with Gasteiger partial charge in [-0.25, -0.2) is 18.6 Å². The number of urea groups is 1. The zero-order valence-corrected chi connectivity index (χ0v) is 13.1. The molecule has 1 aromatic heterocycles. The smallest absolute Gasteiger partial charge is 0.315 e. The zero-order chi connectivity index (χ0) is 16.1. The first kappa shape index (κ1) is 16.4. The quantitative estimate of drug-likeness (QED) is 0.881.